The van der Waals surface area contributed by atoms with Gasteiger partial charge in [-0.1, -0.05) is 12.2 Å². The summed E-state index contributed by atoms with van der Waals surface area (Å²) in [5.74, 6) is 0. The van der Waals surface area contributed by atoms with Crippen LogP contribution >= 0.6 is 24.6 Å². The van der Waals surface area contributed by atoms with Gasteiger partial charge in [-0.05, 0) is 24.3 Å². The van der Waals surface area contributed by atoms with E-state index in [1.807, 2.05) is 43.3 Å². The second-order valence-electron chi connectivity index (χ2n) is 2.81. The van der Waals surface area contributed by atoms with Crippen molar-refractivity contribution >= 4 is 35.3 Å². The number of hydrogen-bond acceptors (Lipinski definition) is 2. The van der Waals surface area contributed by atoms with Crippen molar-refractivity contribution in [3.8, 4) is 0 Å². The third kappa shape index (κ3) is 3.20. The van der Waals surface area contributed by atoms with Crippen LogP contribution in [-0.4, -0.2) is 19.1 Å². The number of benzene rings is 1. The highest BCUT2D eigenvalue weighted by Crippen LogP contribution is 2.11. The van der Waals surface area contributed by atoms with Gasteiger partial charge in [0.25, 0.3) is 0 Å². The van der Waals surface area contributed by atoms with Crippen molar-refractivity contribution in [2.45, 2.75) is 0 Å². The van der Waals surface area contributed by atoms with Crippen LogP contribution in [0.5, 0.6) is 0 Å². The Balaban J connectivity index is 0.00000144. The maximum atomic E-state index is 5.46. The van der Waals surface area contributed by atoms with E-state index in [1.165, 1.54) is 0 Å². The molecule has 0 aliphatic carbocycles. The maximum absolute atomic E-state index is 5.46. The van der Waals surface area contributed by atoms with Gasteiger partial charge in [0.2, 0.25) is 0 Å². The Morgan fingerprint density at radius 1 is 1.23 bits per heavy atom. The number of nitrogens with zero attached hydrogens (tertiary/aromatic N) is 1. The third-order valence-electron chi connectivity index (χ3n) is 1.67. The number of hydrogen-bond donors (Lipinski definition) is 1. The zero-order valence-electron chi connectivity index (χ0n) is 7.65. The molecule has 0 saturated heterocycles. The quantitative estimate of drug-likeness (QED) is 0.765. The first-order valence-electron chi connectivity index (χ1n) is 3.68. The van der Waals surface area contributed by atoms with Gasteiger partial charge in [0.05, 0.1) is 0 Å². The lowest BCUT2D eigenvalue weighted by molar-refractivity contribution is 1.13. The minimum atomic E-state index is 0. The summed E-state index contributed by atoms with van der Waals surface area (Å²) in [6, 6.07) is 7.85. The molecule has 0 aromatic heterocycles. The van der Waals surface area contributed by atoms with Crippen molar-refractivity contribution < 1.29 is 0 Å². The van der Waals surface area contributed by atoms with Crippen LogP contribution in [0, 0.1) is 0 Å². The fourth-order valence-corrected chi connectivity index (χ4v) is 1.06. The molecule has 1 aromatic rings. The minimum Gasteiger partial charge on any atom is -0.389 e. The maximum Gasteiger partial charge on any atom is 0.103 e. The highest BCUT2D eigenvalue weighted by atomic mass is 35.5. The van der Waals surface area contributed by atoms with E-state index in [4.69, 9.17) is 18.0 Å². The van der Waals surface area contributed by atoms with Gasteiger partial charge in [0.1, 0.15) is 4.99 Å². The second-order valence-corrected chi connectivity index (χ2v) is 3.25. The van der Waals surface area contributed by atoms with Gasteiger partial charge < -0.3 is 10.6 Å². The van der Waals surface area contributed by atoms with E-state index >= 15 is 0 Å². The summed E-state index contributed by atoms with van der Waals surface area (Å²) in [5, 5.41) is 0. The van der Waals surface area contributed by atoms with Gasteiger partial charge in [0, 0.05) is 25.3 Å². The third-order valence-corrected chi connectivity index (χ3v) is 1.90. The van der Waals surface area contributed by atoms with Crippen LogP contribution in [0.2, 0.25) is 0 Å². The molecule has 13 heavy (non-hydrogen) atoms. The summed E-state index contributed by atoms with van der Waals surface area (Å²) < 4.78 is 0. The molecule has 0 spiro atoms. The van der Waals surface area contributed by atoms with E-state index in [0.717, 1.165) is 11.3 Å². The molecule has 1 aromatic carbocycles. The van der Waals surface area contributed by atoms with E-state index in [1.54, 1.807) is 0 Å². The molecular formula is C9H13ClN2S. The summed E-state index contributed by atoms with van der Waals surface area (Å²) in [6.07, 6.45) is 0. The summed E-state index contributed by atoms with van der Waals surface area (Å²) in [7, 11) is 3.99. The van der Waals surface area contributed by atoms with Crippen molar-refractivity contribution in [3.63, 3.8) is 0 Å². The first-order valence-corrected chi connectivity index (χ1v) is 4.09. The van der Waals surface area contributed by atoms with E-state index in [-0.39, 0.29) is 12.4 Å². The lowest BCUT2D eigenvalue weighted by Crippen LogP contribution is -2.11. The molecule has 0 amide bonds. The smallest absolute Gasteiger partial charge is 0.103 e. The molecular weight excluding hydrogens is 204 g/mol. The number of halogens is 1. The van der Waals surface area contributed by atoms with Crippen LogP contribution in [0.1, 0.15) is 5.56 Å². The van der Waals surface area contributed by atoms with Crippen molar-refractivity contribution in [2.24, 2.45) is 5.73 Å². The molecule has 2 N–H and O–H groups in total. The first kappa shape index (κ1) is 12.2. The Hall–Kier alpha value is -0.800. The fraction of sp³-hybridized carbons (Fsp3) is 0.222. The van der Waals surface area contributed by atoms with Crippen LogP contribution < -0.4 is 10.6 Å². The standard InChI is InChI=1S/C9H12N2S.ClH/c1-11(2)8-5-3-7(4-6-8)9(10)12;/h3-6H,1-2H3,(H2,10,12);1H. The lowest BCUT2D eigenvalue weighted by Gasteiger charge is -2.12. The topological polar surface area (TPSA) is 29.3 Å². The minimum absolute atomic E-state index is 0. The van der Waals surface area contributed by atoms with Crippen molar-refractivity contribution in [2.75, 3.05) is 19.0 Å². The fourth-order valence-electron chi connectivity index (χ4n) is 0.924. The second kappa shape index (κ2) is 5.04. The highest BCUT2D eigenvalue weighted by Gasteiger charge is 1.96. The first-order chi connectivity index (χ1) is 5.61. The molecule has 1 rings (SSSR count). The molecule has 0 heterocycles. The molecule has 4 heteroatoms. The lowest BCUT2D eigenvalue weighted by atomic mass is 10.2. The van der Waals surface area contributed by atoms with Crippen LogP contribution in [0.4, 0.5) is 5.69 Å². The number of nitrogens with two attached hydrogens (primary N) is 1. The number of thiocarbonyl (C=S) groups is 1. The van der Waals surface area contributed by atoms with E-state index in [2.05, 4.69) is 0 Å². The summed E-state index contributed by atoms with van der Waals surface area (Å²) in [5.41, 5.74) is 7.52. The van der Waals surface area contributed by atoms with Crippen LogP contribution in [0.3, 0.4) is 0 Å². The Labute approximate surface area is 90.1 Å². The summed E-state index contributed by atoms with van der Waals surface area (Å²) >= 11 is 4.84. The molecule has 0 radical (unpaired) electrons. The molecule has 0 saturated carbocycles. The largest absolute Gasteiger partial charge is 0.389 e. The predicted octanol–water partition coefficient (Wildman–Crippen LogP) is 1.81. The molecule has 0 bridgehead atoms. The Morgan fingerprint density at radius 2 is 1.69 bits per heavy atom. The summed E-state index contributed by atoms with van der Waals surface area (Å²) in [4.78, 5) is 2.48. The van der Waals surface area contributed by atoms with E-state index in [0.29, 0.717) is 4.99 Å². The van der Waals surface area contributed by atoms with Gasteiger partial charge in [-0.2, -0.15) is 0 Å². The molecule has 0 fully saturated rings. The predicted molar refractivity (Wildman–Crippen MR) is 63.9 cm³/mol. The average molecular weight is 217 g/mol. The molecule has 72 valence electrons. The van der Waals surface area contributed by atoms with E-state index in [9.17, 15) is 0 Å². The van der Waals surface area contributed by atoms with Crippen molar-refractivity contribution in [1.29, 1.82) is 0 Å². The zero-order valence-corrected chi connectivity index (χ0v) is 9.28. The van der Waals surface area contributed by atoms with Crippen LogP contribution in [0.25, 0.3) is 0 Å². The summed E-state index contributed by atoms with van der Waals surface area (Å²) in [6.45, 7) is 0. The molecule has 0 atom stereocenters. The van der Waals surface area contributed by atoms with Crippen LogP contribution in [-0.2, 0) is 0 Å². The Morgan fingerprint density at radius 3 is 2.00 bits per heavy atom. The van der Waals surface area contributed by atoms with Crippen molar-refractivity contribution in [1.82, 2.24) is 0 Å². The molecule has 0 aliphatic rings. The van der Waals surface area contributed by atoms with E-state index < -0.39 is 0 Å². The van der Waals surface area contributed by atoms with Gasteiger partial charge in [-0.3, -0.25) is 0 Å². The van der Waals surface area contributed by atoms with Gasteiger partial charge in [0.15, 0.2) is 0 Å². The number of anilines is 1. The Bertz CT molecular complexity index is 282. The zero-order chi connectivity index (χ0) is 9.14. The average Bonchev–Trinajstić information content (AvgIpc) is 2.04. The highest BCUT2D eigenvalue weighted by molar-refractivity contribution is 7.80. The molecule has 2 nitrogen and oxygen atoms in total. The van der Waals surface area contributed by atoms with Crippen molar-refractivity contribution in [3.05, 3.63) is 29.8 Å². The Kier molecular flexibility index (Phi) is 4.73. The SMILES string of the molecule is CN(C)c1ccc(C(N)=S)cc1.Cl. The molecule has 0 unspecified atom stereocenters. The van der Waals surface area contributed by atoms with Crippen LogP contribution in [0.15, 0.2) is 24.3 Å². The molecule has 0 aliphatic heterocycles. The monoisotopic (exact) mass is 216 g/mol. The normalized spacial score (nSPS) is 8.77. The van der Waals surface area contributed by atoms with Gasteiger partial charge >= 0.3 is 0 Å². The number of rotatable bonds is 2. The van der Waals surface area contributed by atoms with Gasteiger partial charge in [-0.25, -0.2) is 0 Å². The van der Waals surface area contributed by atoms with Gasteiger partial charge in [-0.15, -0.1) is 12.4 Å².